The molecule has 4 aromatic rings. The standard InChI is InChI=1S/2C24H36N2O2.H2O4S/c2*1-3-5-14-26(15-6-4-2)16-9-17-28-24(27)19-12-13-23-21(18-19)20-10-7-8-11-22(20)25-23;1-5(2,3)4/h2*12-13,18,25H,3-11,14-17H2,1-2H3;(H2,1,2,3,4). The second-order valence-corrected chi connectivity index (χ2v) is 17.7. The minimum Gasteiger partial charge on any atom is -0.759 e. The van der Waals surface area contributed by atoms with Crippen molar-refractivity contribution >= 4 is 44.1 Å². The highest BCUT2D eigenvalue weighted by molar-refractivity contribution is 7.79. The van der Waals surface area contributed by atoms with E-state index in [4.69, 9.17) is 27.0 Å². The summed E-state index contributed by atoms with van der Waals surface area (Å²) in [5.74, 6) is -0.368. The summed E-state index contributed by atoms with van der Waals surface area (Å²) < 4.78 is 45.3. The molecule has 2 aliphatic rings. The van der Waals surface area contributed by atoms with Gasteiger partial charge in [0.25, 0.3) is 0 Å². The highest BCUT2D eigenvalue weighted by Gasteiger charge is 2.19. The number of benzene rings is 2. The van der Waals surface area contributed by atoms with Crippen LogP contribution < -0.4 is 9.80 Å². The Morgan fingerprint density at radius 3 is 1.23 bits per heavy atom. The quantitative estimate of drug-likeness (QED) is 0.0289. The van der Waals surface area contributed by atoms with Gasteiger partial charge in [0.05, 0.1) is 63.6 Å². The zero-order valence-electron chi connectivity index (χ0n) is 37.5. The SMILES string of the molecule is CCCC[NH+](CCCC)CCCOC(=O)c1ccc2[nH]c3c(c2c1)CCCC3.CCCC[NH+](CCCC)CCCOC(=O)c1ccc2[nH]c3c(c2c1)CCCC3.O=S(=O)([O-])[O-]. The van der Waals surface area contributed by atoms with Gasteiger partial charge in [0, 0.05) is 56.4 Å². The van der Waals surface area contributed by atoms with E-state index in [0.717, 1.165) is 62.6 Å². The number of carbonyl (C=O) groups is 2. The summed E-state index contributed by atoms with van der Waals surface area (Å²) in [4.78, 5) is 35.4. The molecule has 12 nitrogen and oxygen atoms in total. The lowest BCUT2D eigenvalue weighted by molar-refractivity contribution is -0.900. The Bertz CT molecular complexity index is 1890. The Hall–Kier alpha value is -3.75. The average molecular weight is 867 g/mol. The predicted octanol–water partition coefficient (Wildman–Crippen LogP) is 6.82. The van der Waals surface area contributed by atoms with E-state index < -0.39 is 10.4 Å². The molecule has 2 heterocycles. The van der Waals surface area contributed by atoms with Crippen molar-refractivity contribution in [1.82, 2.24) is 9.97 Å². The molecule has 0 radical (unpaired) electrons. The van der Waals surface area contributed by atoms with Crippen molar-refractivity contribution in [2.45, 2.75) is 143 Å². The Morgan fingerprint density at radius 1 is 0.557 bits per heavy atom. The average Bonchev–Trinajstić information content (AvgIpc) is 3.82. The fourth-order valence-electron chi connectivity index (χ4n) is 8.66. The van der Waals surface area contributed by atoms with Crippen molar-refractivity contribution < 1.29 is 46.4 Å². The summed E-state index contributed by atoms with van der Waals surface area (Å²) in [5.41, 5.74) is 9.18. The van der Waals surface area contributed by atoms with Gasteiger partial charge < -0.3 is 38.3 Å². The number of aromatic nitrogens is 2. The molecule has 2 aliphatic carbocycles. The van der Waals surface area contributed by atoms with Gasteiger partial charge in [-0.05, 0) is 125 Å². The number of unbranched alkanes of at least 4 members (excludes halogenated alkanes) is 4. The zero-order valence-corrected chi connectivity index (χ0v) is 38.3. The third kappa shape index (κ3) is 17.1. The fourth-order valence-corrected chi connectivity index (χ4v) is 8.66. The van der Waals surface area contributed by atoms with Crippen molar-refractivity contribution in [2.24, 2.45) is 0 Å². The van der Waals surface area contributed by atoms with Crippen molar-refractivity contribution in [3.05, 3.63) is 70.0 Å². The van der Waals surface area contributed by atoms with Crippen LogP contribution in [0.1, 0.15) is 161 Å². The number of hydrogen-bond acceptors (Lipinski definition) is 8. The van der Waals surface area contributed by atoms with Gasteiger partial charge in [-0.2, -0.15) is 0 Å². The Labute approximate surface area is 365 Å². The number of carbonyl (C=O) groups excluding carboxylic acids is 2. The molecule has 13 heteroatoms. The smallest absolute Gasteiger partial charge is 0.338 e. The van der Waals surface area contributed by atoms with Crippen molar-refractivity contribution in [3.8, 4) is 0 Å². The third-order valence-corrected chi connectivity index (χ3v) is 12.0. The normalized spacial score (nSPS) is 13.6. The van der Waals surface area contributed by atoms with Gasteiger partial charge in [-0.25, -0.2) is 9.59 Å². The van der Waals surface area contributed by atoms with Crippen LogP contribution in [0.15, 0.2) is 36.4 Å². The number of H-pyrrole nitrogens is 2. The summed E-state index contributed by atoms with van der Waals surface area (Å²) in [6, 6.07) is 11.9. The van der Waals surface area contributed by atoms with E-state index >= 15 is 0 Å². The molecule has 0 bridgehead atoms. The van der Waals surface area contributed by atoms with E-state index in [2.05, 4.69) is 37.7 Å². The van der Waals surface area contributed by atoms with Gasteiger partial charge >= 0.3 is 11.9 Å². The van der Waals surface area contributed by atoms with Crippen LogP contribution in [0.3, 0.4) is 0 Å². The molecular formula is C48H74N4O8S. The lowest BCUT2D eigenvalue weighted by Gasteiger charge is -2.19. The van der Waals surface area contributed by atoms with Gasteiger partial charge in [-0.15, -0.1) is 0 Å². The van der Waals surface area contributed by atoms with E-state index in [0.29, 0.717) is 24.3 Å². The van der Waals surface area contributed by atoms with Crippen LogP contribution in [-0.4, -0.2) is 91.9 Å². The largest absolute Gasteiger partial charge is 0.759 e. The Morgan fingerprint density at radius 2 is 0.885 bits per heavy atom. The number of aromatic amines is 2. The van der Waals surface area contributed by atoms with Crippen LogP contribution in [0.5, 0.6) is 0 Å². The van der Waals surface area contributed by atoms with E-state index in [1.165, 1.54) is 137 Å². The molecule has 0 aliphatic heterocycles. The third-order valence-electron chi connectivity index (χ3n) is 12.0. The van der Waals surface area contributed by atoms with Gasteiger partial charge in [0.2, 0.25) is 0 Å². The summed E-state index contributed by atoms with van der Waals surface area (Å²) in [6.45, 7) is 17.2. The van der Waals surface area contributed by atoms with E-state index in [-0.39, 0.29) is 11.9 Å². The predicted molar refractivity (Wildman–Crippen MR) is 241 cm³/mol. The van der Waals surface area contributed by atoms with Crippen LogP contribution >= 0.6 is 0 Å². The fraction of sp³-hybridized carbons (Fsp3) is 0.625. The number of ether oxygens (including phenoxy) is 2. The topological polar surface area (TPSA) is 173 Å². The first-order chi connectivity index (χ1) is 29.4. The van der Waals surface area contributed by atoms with Crippen molar-refractivity contribution in [3.63, 3.8) is 0 Å². The molecule has 0 atom stereocenters. The molecule has 340 valence electrons. The van der Waals surface area contributed by atoms with Crippen molar-refractivity contribution in [2.75, 3.05) is 52.5 Å². The van der Waals surface area contributed by atoms with Crippen LogP contribution in [0.2, 0.25) is 0 Å². The molecule has 61 heavy (non-hydrogen) atoms. The summed E-state index contributed by atoms with van der Waals surface area (Å²) in [7, 11) is -5.17. The molecule has 6 rings (SSSR count). The number of aryl methyl sites for hydroxylation is 4. The summed E-state index contributed by atoms with van der Waals surface area (Å²) >= 11 is 0. The number of esters is 2. The van der Waals surface area contributed by atoms with Gasteiger partial charge in [0.15, 0.2) is 0 Å². The Kier molecular flexibility index (Phi) is 21.8. The van der Waals surface area contributed by atoms with Gasteiger partial charge in [-0.1, -0.05) is 53.4 Å². The first-order valence-corrected chi connectivity index (χ1v) is 24.7. The van der Waals surface area contributed by atoms with E-state index in [1.807, 2.05) is 36.4 Å². The van der Waals surface area contributed by atoms with Crippen LogP contribution in [0.25, 0.3) is 21.8 Å². The Balaban J connectivity index is 0.000000242. The molecule has 4 N–H and O–H groups in total. The monoisotopic (exact) mass is 867 g/mol. The van der Waals surface area contributed by atoms with Crippen LogP contribution in [0.4, 0.5) is 0 Å². The first-order valence-electron chi connectivity index (χ1n) is 23.4. The molecule has 2 aromatic heterocycles. The lowest BCUT2D eigenvalue weighted by Crippen LogP contribution is -3.12. The van der Waals surface area contributed by atoms with Crippen molar-refractivity contribution in [1.29, 1.82) is 0 Å². The molecule has 0 fully saturated rings. The number of quaternary nitrogens is 2. The molecule has 0 unspecified atom stereocenters. The number of rotatable bonds is 22. The van der Waals surface area contributed by atoms with E-state index in [9.17, 15) is 9.59 Å². The minimum absolute atomic E-state index is 0.184. The highest BCUT2D eigenvalue weighted by Crippen LogP contribution is 2.31. The molecule has 0 amide bonds. The minimum atomic E-state index is -5.17. The lowest BCUT2D eigenvalue weighted by atomic mass is 9.95. The molecule has 0 saturated heterocycles. The van der Waals surface area contributed by atoms with Crippen LogP contribution in [0, 0.1) is 0 Å². The van der Waals surface area contributed by atoms with Gasteiger partial charge in [0.1, 0.15) is 0 Å². The number of nitrogens with one attached hydrogen (secondary N) is 4. The maximum atomic E-state index is 12.5. The maximum absolute atomic E-state index is 12.5. The molecular weight excluding hydrogens is 793 g/mol. The summed E-state index contributed by atoms with van der Waals surface area (Å²) in [5, 5.41) is 2.41. The second-order valence-electron chi connectivity index (χ2n) is 16.9. The molecule has 2 aromatic carbocycles. The maximum Gasteiger partial charge on any atom is 0.338 e. The molecule has 0 saturated carbocycles. The molecule has 0 spiro atoms. The van der Waals surface area contributed by atoms with Gasteiger partial charge in [-0.3, -0.25) is 8.42 Å². The number of fused-ring (bicyclic) bond motifs is 6. The second kappa shape index (κ2) is 26.7. The summed E-state index contributed by atoms with van der Waals surface area (Å²) in [6.07, 6.45) is 21.4. The first kappa shape index (κ1) is 49.9. The van der Waals surface area contributed by atoms with Crippen LogP contribution in [-0.2, 0) is 45.6 Å². The highest BCUT2D eigenvalue weighted by atomic mass is 32.3. The number of hydrogen-bond donors (Lipinski definition) is 4. The van der Waals surface area contributed by atoms with E-state index in [1.54, 1.807) is 9.80 Å². The zero-order chi connectivity index (χ0) is 44.0.